The lowest BCUT2D eigenvalue weighted by Gasteiger charge is -2.30. The van der Waals surface area contributed by atoms with Crippen molar-refractivity contribution >= 4 is 39.0 Å². The predicted octanol–water partition coefficient (Wildman–Crippen LogP) is 6.82. The Kier molecular flexibility index (Phi) is 5.90. The maximum absolute atomic E-state index is 13.8. The minimum Gasteiger partial charge on any atom is -0.262 e. The summed E-state index contributed by atoms with van der Waals surface area (Å²) in [6, 6.07) is 4.92. The molecule has 1 aromatic carbocycles. The molecule has 0 bridgehead atoms. The van der Waals surface area contributed by atoms with Crippen LogP contribution in [0.2, 0.25) is 0 Å². The van der Waals surface area contributed by atoms with Crippen molar-refractivity contribution in [3.05, 3.63) is 51.9 Å². The van der Waals surface area contributed by atoms with E-state index in [1.54, 1.807) is 26.6 Å². The van der Waals surface area contributed by atoms with Gasteiger partial charge in [0.1, 0.15) is 0 Å². The van der Waals surface area contributed by atoms with Gasteiger partial charge in [0.25, 0.3) is 5.66 Å². The Hall–Kier alpha value is -0.740. The molecule has 1 N–H and O–H groups in total. The van der Waals surface area contributed by atoms with E-state index in [4.69, 9.17) is 0 Å². The van der Waals surface area contributed by atoms with Gasteiger partial charge < -0.3 is 0 Å². The van der Waals surface area contributed by atoms with E-state index in [0.29, 0.717) is 6.54 Å². The lowest BCUT2D eigenvalue weighted by Crippen LogP contribution is -2.21. The maximum atomic E-state index is 13.8. The van der Waals surface area contributed by atoms with Crippen molar-refractivity contribution < 1.29 is 8.78 Å². The number of aryl methyl sites for hydroxylation is 1. The maximum Gasteiger partial charge on any atom is 0.283 e. The van der Waals surface area contributed by atoms with Crippen LogP contribution in [-0.4, -0.2) is 0 Å². The van der Waals surface area contributed by atoms with Gasteiger partial charge in [0.2, 0.25) is 0 Å². The van der Waals surface area contributed by atoms with E-state index in [-0.39, 0.29) is 11.0 Å². The summed E-state index contributed by atoms with van der Waals surface area (Å²) >= 11 is 5.89. The van der Waals surface area contributed by atoms with Crippen molar-refractivity contribution in [2.75, 3.05) is 0 Å². The van der Waals surface area contributed by atoms with Crippen molar-refractivity contribution in [3.8, 4) is 10.4 Å². The molecule has 1 nitrogen and oxygen atoms in total. The number of thiophene rings is 1. The largest absolute Gasteiger partial charge is 0.283 e. The van der Waals surface area contributed by atoms with E-state index in [9.17, 15) is 8.78 Å². The van der Waals surface area contributed by atoms with Crippen LogP contribution in [0.4, 0.5) is 8.78 Å². The molecule has 1 aromatic heterocycles. The number of halogens is 2. The number of rotatable bonds is 5. The van der Waals surface area contributed by atoms with Gasteiger partial charge >= 0.3 is 0 Å². The summed E-state index contributed by atoms with van der Waals surface area (Å²) in [6.07, 6.45) is 3.26. The monoisotopic (exact) mass is 425 g/mol. The molecule has 3 rings (SSSR count). The molecule has 1 heterocycles. The summed E-state index contributed by atoms with van der Waals surface area (Å²) in [6.45, 7) is 11.3. The van der Waals surface area contributed by atoms with E-state index >= 15 is 0 Å². The van der Waals surface area contributed by atoms with Crippen LogP contribution in [0.1, 0.15) is 54.3 Å². The number of hydrogen-bond acceptors (Lipinski definition) is 3. The van der Waals surface area contributed by atoms with Crippen LogP contribution in [-0.2, 0) is 25.1 Å². The Balaban J connectivity index is 2.19. The molecule has 2 aromatic rings. The van der Waals surface area contributed by atoms with Crippen LogP contribution >= 0.6 is 33.4 Å². The summed E-state index contributed by atoms with van der Waals surface area (Å²) in [5.74, 6) is 0. The summed E-state index contributed by atoms with van der Waals surface area (Å²) in [7, 11) is 1.62. The second-order valence-electron chi connectivity index (χ2n) is 8.16. The zero-order valence-electron chi connectivity index (χ0n) is 16.0. The van der Waals surface area contributed by atoms with Crippen molar-refractivity contribution in [1.82, 2.24) is 4.72 Å². The van der Waals surface area contributed by atoms with E-state index in [1.807, 2.05) is 13.0 Å². The van der Waals surface area contributed by atoms with Crippen LogP contribution in [0.15, 0.2) is 24.8 Å². The second kappa shape index (κ2) is 7.59. The Morgan fingerprint density at radius 1 is 1.41 bits per heavy atom. The minimum absolute atomic E-state index is 0.00541. The highest BCUT2D eigenvalue weighted by Crippen LogP contribution is 2.48. The van der Waals surface area contributed by atoms with Crippen molar-refractivity contribution in [3.63, 3.8) is 0 Å². The molecule has 27 heavy (non-hydrogen) atoms. The standard InChI is InChI=1S/C21H26F2NPS2/c1-12(2)18-16-10-20(3,4)8-7-17(16)27-19(18)15-6-5-14(21(22,23)25)9-13(15)11-24-26/h5-6,9,24,26H,1,7-8,10-11,25H2,2-4H3. The highest BCUT2D eigenvalue weighted by Gasteiger charge is 2.32. The van der Waals surface area contributed by atoms with E-state index < -0.39 is 5.66 Å². The number of alkyl halides is 2. The van der Waals surface area contributed by atoms with Crippen LogP contribution in [0.25, 0.3) is 16.0 Å². The molecule has 0 fully saturated rings. The quantitative estimate of drug-likeness (QED) is 0.396. The average molecular weight is 426 g/mol. The Morgan fingerprint density at radius 2 is 2.11 bits per heavy atom. The number of benzene rings is 1. The smallest absolute Gasteiger partial charge is 0.262 e. The predicted molar refractivity (Wildman–Crippen MR) is 120 cm³/mol. The van der Waals surface area contributed by atoms with Crippen molar-refractivity contribution in [2.45, 2.75) is 52.2 Å². The van der Waals surface area contributed by atoms with Crippen LogP contribution in [0, 0.1) is 5.41 Å². The Labute approximate surface area is 172 Å². The lowest BCUT2D eigenvalue weighted by atomic mass is 9.75. The molecule has 1 aliphatic carbocycles. The minimum atomic E-state index is -2.94. The SMILES string of the molecule is C=C(C)c1c(-c2ccc(C(F)(F)P)cc2CNS)sc2c1CC(C)(C)CC2. The zero-order valence-corrected chi connectivity index (χ0v) is 18.8. The first-order chi connectivity index (χ1) is 12.5. The third kappa shape index (κ3) is 4.32. The summed E-state index contributed by atoms with van der Waals surface area (Å²) in [5.41, 5.74) is 2.77. The van der Waals surface area contributed by atoms with E-state index in [2.05, 4.69) is 38.0 Å². The van der Waals surface area contributed by atoms with Gasteiger partial charge in [-0.1, -0.05) is 54.6 Å². The topological polar surface area (TPSA) is 12.0 Å². The van der Waals surface area contributed by atoms with Crippen molar-refractivity contribution in [1.29, 1.82) is 0 Å². The third-order valence-electron chi connectivity index (χ3n) is 5.21. The highest BCUT2D eigenvalue weighted by molar-refractivity contribution is 7.78. The van der Waals surface area contributed by atoms with Gasteiger partial charge in [0.05, 0.1) is 0 Å². The molecular weight excluding hydrogens is 399 g/mol. The van der Waals surface area contributed by atoms with Gasteiger partial charge in [-0.2, -0.15) is 8.78 Å². The first-order valence-corrected chi connectivity index (χ1v) is 10.9. The van der Waals surface area contributed by atoms with E-state index in [0.717, 1.165) is 34.4 Å². The van der Waals surface area contributed by atoms with Gasteiger partial charge in [0.15, 0.2) is 0 Å². The molecule has 0 radical (unpaired) electrons. The highest BCUT2D eigenvalue weighted by atomic mass is 32.1. The van der Waals surface area contributed by atoms with Crippen LogP contribution < -0.4 is 4.72 Å². The Bertz CT molecular complexity index is 881. The normalized spacial score (nSPS) is 16.3. The molecule has 0 saturated carbocycles. The van der Waals surface area contributed by atoms with Crippen LogP contribution in [0.5, 0.6) is 0 Å². The van der Waals surface area contributed by atoms with Crippen LogP contribution in [0.3, 0.4) is 0 Å². The lowest BCUT2D eigenvalue weighted by molar-refractivity contribution is 0.104. The molecule has 0 aliphatic heterocycles. The summed E-state index contributed by atoms with van der Waals surface area (Å²) < 4.78 is 30.4. The molecular formula is C21H26F2NPS2. The van der Waals surface area contributed by atoms with Gasteiger partial charge in [-0.05, 0) is 65.5 Å². The molecule has 1 atom stereocenters. The number of allylic oxidation sites excluding steroid dienone is 1. The van der Waals surface area contributed by atoms with Gasteiger partial charge in [-0.3, -0.25) is 4.72 Å². The number of thiol groups is 1. The molecule has 1 unspecified atom stereocenters. The number of fused-ring (bicyclic) bond motifs is 1. The molecule has 146 valence electrons. The van der Waals surface area contributed by atoms with Gasteiger partial charge in [0, 0.05) is 21.9 Å². The summed E-state index contributed by atoms with van der Waals surface area (Å²) in [4.78, 5) is 2.55. The average Bonchev–Trinajstić information content (AvgIpc) is 2.91. The number of nitrogens with one attached hydrogen (secondary N) is 1. The number of hydrogen-bond donors (Lipinski definition) is 2. The van der Waals surface area contributed by atoms with Gasteiger partial charge in [-0.25, -0.2) is 0 Å². The first kappa shape index (κ1) is 21.0. The summed E-state index contributed by atoms with van der Waals surface area (Å²) in [5, 5.41) is 0. The van der Waals surface area contributed by atoms with Gasteiger partial charge in [-0.15, -0.1) is 11.3 Å². The molecule has 1 aliphatic rings. The van der Waals surface area contributed by atoms with E-state index in [1.165, 1.54) is 28.5 Å². The third-order valence-corrected chi connectivity index (χ3v) is 7.02. The molecule has 6 heteroatoms. The molecule has 0 spiro atoms. The molecule has 0 saturated heterocycles. The van der Waals surface area contributed by atoms with Crippen molar-refractivity contribution in [2.24, 2.45) is 5.41 Å². The fourth-order valence-corrected chi connectivity index (χ4v) is 5.62. The first-order valence-electron chi connectivity index (χ1n) is 9.01. The fraction of sp³-hybridized carbons (Fsp3) is 0.429. The fourth-order valence-electron chi connectivity index (χ4n) is 3.82. The zero-order chi connectivity index (χ0) is 20.0. The Morgan fingerprint density at radius 3 is 2.70 bits per heavy atom. The molecule has 0 amide bonds. The second-order valence-corrected chi connectivity index (χ2v) is 10.3.